The highest BCUT2D eigenvalue weighted by molar-refractivity contribution is 6.30. The van der Waals surface area contributed by atoms with E-state index in [1.165, 1.54) is 6.07 Å². The number of aromatic nitrogens is 5. The maximum atomic E-state index is 13.8. The van der Waals surface area contributed by atoms with Crippen LogP contribution in [0.15, 0.2) is 59.7 Å². The van der Waals surface area contributed by atoms with Crippen LogP contribution in [-0.2, 0) is 13.6 Å². The molecule has 5 aromatic rings. The van der Waals surface area contributed by atoms with Crippen molar-refractivity contribution in [3.8, 4) is 5.69 Å². The highest BCUT2D eigenvalue weighted by Gasteiger charge is 2.27. The average molecular weight is 579 g/mol. The van der Waals surface area contributed by atoms with Crippen LogP contribution in [0.3, 0.4) is 0 Å². The molecule has 8 nitrogen and oxygen atoms in total. The summed E-state index contributed by atoms with van der Waals surface area (Å²) in [5, 5.41) is 3.98. The van der Waals surface area contributed by atoms with Crippen LogP contribution in [0.4, 0.5) is 8.78 Å². The minimum absolute atomic E-state index is 0.122. The molecule has 212 valence electrons. The number of imidazole rings is 1. The molecular weight excluding hydrogens is 550 g/mol. The second kappa shape index (κ2) is 10.7. The van der Waals surface area contributed by atoms with E-state index in [4.69, 9.17) is 11.6 Å². The van der Waals surface area contributed by atoms with Crippen LogP contribution < -0.4 is 11.0 Å². The zero-order valence-electron chi connectivity index (χ0n) is 22.7. The van der Waals surface area contributed by atoms with Gasteiger partial charge in [-0.25, -0.2) is 18.6 Å². The van der Waals surface area contributed by atoms with E-state index >= 15 is 0 Å². The molecule has 0 radical (unpaired) electrons. The Morgan fingerprint density at radius 3 is 2.54 bits per heavy atom. The molecule has 1 fully saturated rings. The molecule has 4 heterocycles. The molecule has 1 aromatic carbocycles. The topological polar surface area (TPSA) is 86.7 Å². The molecular formula is C30H29ClF2N6O2. The minimum Gasteiger partial charge on any atom is -0.349 e. The first-order chi connectivity index (χ1) is 19.7. The number of fused-ring (bicyclic) bond motifs is 2. The molecule has 4 aromatic heterocycles. The van der Waals surface area contributed by atoms with Crippen LogP contribution in [0.1, 0.15) is 53.9 Å². The predicted octanol–water partition coefficient (Wildman–Crippen LogP) is 5.96. The summed E-state index contributed by atoms with van der Waals surface area (Å²) >= 11 is 5.91. The van der Waals surface area contributed by atoms with E-state index in [1.807, 2.05) is 53.4 Å². The van der Waals surface area contributed by atoms with Gasteiger partial charge in [0, 0.05) is 36.9 Å². The van der Waals surface area contributed by atoms with Crippen molar-refractivity contribution in [1.29, 1.82) is 0 Å². The Morgan fingerprint density at radius 2 is 1.80 bits per heavy atom. The molecule has 0 atom stereocenters. The SMILES string of the molecule is Cc1cc2cc(-n3c(=O)n(CC4CCC(NC(=O)c5cc(Cl)cnc5C(F)F)CC4)c4ccccc43)cnc2n1C. The van der Waals surface area contributed by atoms with E-state index in [-0.39, 0.29) is 28.2 Å². The highest BCUT2D eigenvalue weighted by atomic mass is 35.5. The van der Waals surface area contributed by atoms with Crippen LogP contribution in [0.25, 0.3) is 27.8 Å². The van der Waals surface area contributed by atoms with E-state index in [9.17, 15) is 18.4 Å². The number of alkyl halides is 2. The number of carbonyl (C=O) groups excluding carboxylic acids is 1. The molecule has 0 bridgehead atoms. The summed E-state index contributed by atoms with van der Waals surface area (Å²) in [5.74, 6) is -0.376. The Kier molecular flexibility index (Phi) is 7.11. The summed E-state index contributed by atoms with van der Waals surface area (Å²) in [5.41, 5.74) is 3.44. The third kappa shape index (κ3) is 5.01. The maximum absolute atomic E-state index is 13.8. The largest absolute Gasteiger partial charge is 0.349 e. The lowest BCUT2D eigenvalue weighted by Gasteiger charge is -2.29. The number of carbonyl (C=O) groups is 1. The minimum atomic E-state index is -2.88. The number of para-hydroxylation sites is 2. The van der Waals surface area contributed by atoms with E-state index in [1.54, 1.807) is 10.8 Å². The van der Waals surface area contributed by atoms with Gasteiger partial charge in [0.15, 0.2) is 0 Å². The number of amides is 1. The molecule has 0 saturated heterocycles. The first kappa shape index (κ1) is 27.1. The lowest BCUT2D eigenvalue weighted by Crippen LogP contribution is -2.39. The summed E-state index contributed by atoms with van der Waals surface area (Å²) in [6.45, 7) is 2.57. The second-order valence-corrected chi connectivity index (χ2v) is 11.2. The zero-order valence-corrected chi connectivity index (χ0v) is 23.4. The zero-order chi connectivity index (χ0) is 28.8. The molecule has 6 rings (SSSR count). The third-order valence-corrected chi connectivity index (χ3v) is 8.35. The van der Waals surface area contributed by atoms with Gasteiger partial charge in [-0.15, -0.1) is 0 Å². The summed E-state index contributed by atoms with van der Waals surface area (Å²) in [6.07, 6.45) is 2.89. The van der Waals surface area contributed by atoms with Crippen LogP contribution >= 0.6 is 11.6 Å². The standard InChI is InChI=1S/C30H29ClF2N6O2/c1-17-11-19-12-22(15-35-28(19)37(17)2)39-25-6-4-3-5-24(25)38(30(39)41)16-18-7-9-21(10-8-18)36-29(40)23-13-20(31)14-34-26(23)27(32)33/h3-6,11-15,18,21,27H,7-10,16H2,1-2H3,(H,36,40). The molecule has 0 spiro atoms. The number of hydrogen-bond acceptors (Lipinski definition) is 4. The molecule has 1 amide bonds. The van der Waals surface area contributed by atoms with Gasteiger partial charge in [0.05, 0.1) is 33.5 Å². The normalized spacial score (nSPS) is 17.5. The molecule has 0 aliphatic heterocycles. The first-order valence-electron chi connectivity index (χ1n) is 13.6. The number of aryl methyl sites for hydroxylation is 2. The van der Waals surface area contributed by atoms with E-state index in [2.05, 4.69) is 21.4 Å². The maximum Gasteiger partial charge on any atom is 0.333 e. The monoisotopic (exact) mass is 578 g/mol. The second-order valence-electron chi connectivity index (χ2n) is 10.7. The fraction of sp³-hybridized carbons (Fsp3) is 0.333. The molecule has 11 heteroatoms. The molecule has 1 aliphatic carbocycles. The van der Waals surface area contributed by atoms with E-state index in [0.29, 0.717) is 25.1 Å². The quantitative estimate of drug-likeness (QED) is 0.269. The predicted molar refractivity (Wildman–Crippen MR) is 154 cm³/mol. The Balaban J connectivity index is 1.20. The smallest absolute Gasteiger partial charge is 0.333 e. The number of rotatable bonds is 6. The van der Waals surface area contributed by atoms with E-state index in [0.717, 1.165) is 46.8 Å². The Morgan fingerprint density at radius 1 is 1.07 bits per heavy atom. The van der Waals surface area contributed by atoms with Gasteiger partial charge in [-0.2, -0.15) is 0 Å². The van der Waals surface area contributed by atoms with Crippen molar-refractivity contribution in [3.63, 3.8) is 0 Å². The van der Waals surface area contributed by atoms with Crippen LogP contribution in [-0.4, -0.2) is 35.6 Å². The summed E-state index contributed by atoms with van der Waals surface area (Å²) < 4.78 is 32.3. The van der Waals surface area contributed by atoms with Crippen LogP contribution in [0.2, 0.25) is 5.02 Å². The summed E-state index contributed by atoms with van der Waals surface area (Å²) in [7, 11) is 1.97. The first-order valence-corrected chi connectivity index (χ1v) is 14.0. The Bertz CT molecular complexity index is 1830. The number of nitrogens with zero attached hydrogens (tertiary/aromatic N) is 5. The number of hydrogen-bond donors (Lipinski definition) is 1. The van der Waals surface area contributed by atoms with Gasteiger partial charge in [0.25, 0.3) is 12.3 Å². The van der Waals surface area contributed by atoms with Crippen LogP contribution in [0.5, 0.6) is 0 Å². The molecule has 1 saturated carbocycles. The number of pyridine rings is 2. The van der Waals surface area contributed by atoms with Crippen molar-refractivity contribution in [2.45, 2.75) is 51.6 Å². The van der Waals surface area contributed by atoms with Crippen molar-refractivity contribution < 1.29 is 13.6 Å². The van der Waals surface area contributed by atoms with Gasteiger partial charge in [0.2, 0.25) is 0 Å². The van der Waals surface area contributed by atoms with Gasteiger partial charge in [-0.1, -0.05) is 23.7 Å². The average Bonchev–Trinajstić information content (AvgIpc) is 3.40. The van der Waals surface area contributed by atoms with E-state index < -0.39 is 18.0 Å². The summed E-state index contributed by atoms with van der Waals surface area (Å²) in [6, 6.07) is 12.9. The van der Waals surface area contributed by atoms with Gasteiger partial charge in [0.1, 0.15) is 11.3 Å². The Labute approximate surface area is 239 Å². The van der Waals surface area contributed by atoms with Crippen molar-refractivity contribution in [1.82, 2.24) is 29.0 Å². The van der Waals surface area contributed by atoms with Crippen molar-refractivity contribution in [3.05, 3.63) is 87.3 Å². The molecule has 0 unspecified atom stereocenters. The molecule has 41 heavy (non-hydrogen) atoms. The lowest BCUT2D eigenvalue weighted by atomic mass is 9.85. The van der Waals surface area contributed by atoms with Crippen molar-refractivity contribution in [2.24, 2.45) is 13.0 Å². The number of halogens is 3. The fourth-order valence-corrected chi connectivity index (χ4v) is 6.07. The van der Waals surface area contributed by atoms with Gasteiger partial charge < -0.3 is 9.88 Å². The van der Waals surface area contributed by atoms with Gasteiger partial charge in [-0.05, 0) is 68.9 Å². The molecule has 1 N–H and O–H groups in total. The third-order valence-electron chi connectivity index (χ3n) is 8.14. The summed E-state index contributed by atoms with van der Waals surface area (Å²) in [4.78, 5) is 34.9. The van der Waals surface area contributed by atoms with Gasteiger partial charge >= 0.3 is 5.69 Å². The molecule has 1 aliphatic rings. The number of nitrogens with one attached hydrogen (secondary N) is 1. The van der Waals surface area contributed by atoms with Crippen LogP contribution in [0, 0.1) is 12.8 Å². The van der Waals surface area contributed by atoms with Crippen molar-refractivity contribution in [2.75, 3.05) is 0 Å². The fourth-order valence-electron chi connectivity index (χ4n) is 5.91. The Hall–Kier alpha value is -4.05. The van der Waals surface area contributed by atoms with Crippen molar-refractivity contribution >= 4 is 39.6 Å². The van der Waals surface area contributed by atoms with Gasteiger partial charge in [-0.3, -0.25) is 18.9 Å². The highest BCUT2D eigenvalue weighted by Crippen LogP contribution is 2.29. The lowest BCUT2D eigenvalue weighted by molar-refractivity contribution is 0.0904. The number of benzene rings is 1.